The maximum atomic E-state index is 12.0. The van der Waals surface area contributed by atoms with Crippen LogP contribution in [0.25, 0.3) is 11.3 Å². The molecule has 0 aliphatic rings. The molecule has 6 heteroatoms. The third-order valence-corrected chi connectivity index (χ3v) is 3.01. The molecule has 0 atom stereocenters. The van der Waals surface area contributed by atoms with Crippen LogP contribution in [0.4, 0.5) is 0 Å². The zero-order chi connectivity index (χ0) is 15.4. The Morgan fingerprint density at radius 2 is 2.10 bits per heavy atom. The van der Waals surface area contributed by atoms with Crippen molar-refractivity contribution in [3.8, 4) is 17.0 Å². The Labute approximate surface area is 128 Å². The lowest BCUT2D eigenvalue weighted by Crippen LogP contribution is -2.23. The highest BCUT2D eigenvalue weighted by atomic mass is 35.5. The first-order valence-electron chi connectivity index (χ1n) is 6.49. The number of halogens is 1. The van der Waals surface area contributed by atoms with Crippen molar-refractivity contribution in [1.82, 2.24) is 14.9 Å². The molecule has 0 saturated carbocycles. The molecule has 1 amide bonds. The third-order valence-electron chi connectivity index (χ3n) is 2.78. The number of ether oxygens (including phenoxy) is 1. The molecular formula is C15H16ClN3O2. The van der Waals surface area contributed by atoms with E-state index in [0.717, 1.165) is 0 Å². The normalized spacial score (nSPS) is 10.3. The van der Waals surface area contributed by atoms with Crippen LogP contribution < -0.4 is 4.74 Å². The van der Waals surface area contributed by atoms with Crippen LogP contribution in [0.5, 0.6) is 5.75 Å². The van der Waals surface area contributed by atoms with Crippen LogP contribution in [0.15, 0.2) is 30.6 Å². The summed E-state index contributed by atoms with van der Waals surface area (Å²) in [6.45, 7) is 2.43. The quantitative estimate of drug-likeness (QED) is 0.871. The van der Waals surface area contributed by atoms with Crippen LogP contribution in [0.3, 0.4) is 0 Å². The summed E-state index contributed by atoms with van der Waals surface area (Å²) < 4.78 is 5.57. The van der Waals surface area contributed by atoms with Crippen LogP contribution in [0.1, 0.15) is 17.4 Å². The van der Waals surface area contributed by atoms with Gasteiger partial charge in [-0.05, 0) is 25.1 Å². The average molecular weight is 306 g/mol. The molecule has 5 nitrogen and oxygen atoms in total. The molecule has 110 valence electrons. The molecule has 1 aromatic heterocycles. The number of rotatable bonds is 4. The van der Waals surface area contributed by atoms with Gasteiger partial charge < -0.3 is 9.64 Å². The molecule has 0 bridgehead atoms. The van der Waals surface area contributed by atoms with E-state index in [9.17, 15) is 4.79 Å². The van der Waals surface area contributed by atoms with Crippen molar-refractivity contribution < 1.29 is 9.53 Å². The summed E-state index contributed by atoms with van der Waals surface area (Å²) in [4.78, 5) is 21.9. The van der Waals surface area contributed by atoms with E-state index in [4.69, 9.17) is 16.3 Å². The number of carbonyl (C=O) groups excluding carboxylic acids is 1. The summed E-state index contributed by atoms with van der Waals surface area (Å²) in [5.74, 6) is 0.454. The van der Waals surface area contributed by atoms with Gasteiger partial charge in [0, 0.05) is 24.7 Å². The van der Waals surface area contributed by atoms with Crippen molar-refractivity contribution in [3.63, 3.8) is 0 Å². The lowest BCUT2D eigenvalue weighted by molar-refractivity contribution is 0.0821. The van der Waals surface area contributed by atoms with Gasteiger partial charge in [-0.25, -0.2) is 4.98 Å². The molecule has 0 N–H and O–H groups in total. The van der Waals surface area contributed by atoms with Gasteiger partial charge in [0.2, 0.25) is 0 Å². The predicted octanol–water partition coefficient (Wildman–Crippen LogP) is 2.90. The van der Waals surface area contributed by atoms with E-state index in [-0.39, 0.29) is 11.6 Å². The number of nitrogens with zero attached hydrogens (tertiary/aromatic N) is 3. The fourth-order valence-corrected chi connectivity index (χ4v) is 1.98. The van der Waals surface area contributed by atoms with Gasteiger partial charge >= 0.3 is 0 Å². The van der Waals surface area contributed by atoms with Crippen LogP contribution in [-0.4, -0.2) is 41.5 Å². The van der Waals surface area contributed by atoms with E-state index >= 15 is 0 Å². The number of carbonyl (C=O) groups is 1. The molecule has 0 radical (unpaired) electrons. The van der Waals surface area contributed by atoms with E-state index < -0.39 is 0 Å². The van der Waals surface area contributed by atoms with Crippen LogP contribution in [0, 0.1) is 0 Å². The Balaban J connectivity index is 2.49. The second kappa shape index (κ2) is 6.54. The van der Waals surface area contributed by atoms with Gasteiger partial charge in [-0.15, -0.1) is 0 Å². The van der Waals surface area contributed by atoms with Crippen molar-refractivity contribution >= 4 is 17.5 Å². The summed E-state index contributed by atoms with van der Waals surface area (Å²) in [5.41, 5.74) is 1.54. The van der Waals surface area contributed by atoms with Gasteiger partial charge in [0.1, 0.15) is 11.4 Å². The summed E-state index contributed by atoms with van der Waals surface area (Å²) in [6.07, 6.45) is 3.03. The van der Waals surface area contributed by atoms with Gasteiger partial charge in [0.05, 0.1) is 24.7 Å². The molecule has 21 heavy (non-hydrogen) atoms. The Hall–Kier alpha value is -2.14. The van der Waals surface area contributed by atoms with Crippen LogP contribution in [0.2, 0.25) is 5.02 Å². The lowest BCUT2D eigenvalue weighted by atomic mass is 10.1. The molecule has 0 fully saturated rings. The zero-order valence-electron chi connectivity index (χ0n) is 12.1. The molecule has 0 saturated heterocycles. The van der Waals surface area contributed by atoms with Crippen molar-refractivity contribution in [1.29, 1.82) is 0 Å². The molecule has 2 rings (SSSR count). The van der Waals surface area contributed by atoms with Crippen LogP contribution >= 0.6 is 11.6 Å². The summed E-state index contributed by atoms with van der Waals surface area (Å²) >= 11 is 6.04. The first kappa shape index (κ1) is 15.3. The first-order chi connectivity index (χ1) is 10.0. The van der Waals surface area contributed by atoms with E-state index in [1.807, 2.05) is 6.92 Å². The average Bonchev–Trinajstić information content (AvgIpc) is 2.48. The topological polar surface area (TPSA) is 55.3 Å². The number of hydrogen-bond acceptors (Lipinski definition) is 4. The highest BCUT2D eigenvalue weighted by molar-refractivity contribution is 6.30. The zero-order valence-corrected chi connectivity index (χ0v) is 12.9. The van der Waals surface area contributed by atoms with E-state index in [1.54, 1.807) is 38.5 Å². The highest BCUT2D eigenvalue weighted by Gasteiger charge is 2.14. The van der Waals surface area contributed by atoms with Crippen molar-refractivity contribution in [2.45, 2.75) is 6.92 Å². The monoisotopic (exact) mass is 305 g/mol. The Morgan fingerprint density at radius 3 is 2.76 bits per heavy atom. The standard InChI is InChI=1S/C15H16ClN3O2/c1-4-21-14-6-5-10(16)7-11(14)12-8-17-9-13(18-12)15(20)19(2)3/h5-9H,4H2,1-3H3. The number of benzene rings is 1. The summed E-state index contributed by atoms with van der Waals surface area (Å²) in [7, 11) is 3.34. The number of aromatic nitrogens is 2. The van der Waals surface area contributed by atoms with Gasteiger partial charge in [-0.3, -0.25) is 9.78 Å². The van der Waals surface area contributed by atoms with E-state index in [0.29, 0.717) is 28.6 Å². The second-order valence-corrected chi connectivity index (χ2v) is 5.00. The maximum absolute atomic E-state index is 12.0. The molecule has 0 aliphatic heterocycles. The molecule has 1 heterocycles. The fraction of sp³-hybridized carbons (Fsp3) is 0.267. The Morgan fingerprint density at radius 1 is 1.33 bits per heavy atom. The van der Waals surface area contributed by atoms with E-state index in [2.05, 4.69) is 9.97 Å². The van der Waals surface area contributed by atoms with Crippen molar-refractivity contribution in [3.05, 3.63) is 41.3 Å². The molecule has 0 unspecified atom stereocenters. The molecule has 1 aromatic carbocycles. The summed E-state index contributed by atoms with van der Waals surface area (Å²) in [6, 6.07) is 5.28. The maximum Gasteiger partial charge on any atom is 0.273 e. The SMILES string of the molecule is CCOc1ccc(Cl)cc1-c1cncc(C(=O)N(C)C)n1. The van der Waals surface area contributed by atoms with Gasteiger partial charge in [0.15, 0.2) is 0 Å². The van der Waals surface area contributed by atoms with Gasteiger partial charge in [0.25, 0.3) is 5.91 Å². The molecular weight excluding hydrogens is 290 g/mol. The van der Waals surface area contributed by atoms with Crippen LogP contribution in [-0.2, 0) is 0 Å². The number of amides is 1. The molecule has 0 aliphatic carbocycles. The van der Waals surface area contributed by atoms with E-state index in [1.165, 1.54) is 11.1 Å². The minimum atomic E-state index is -0.204. The predicted molar refractivity (Wildman–Crippen MR) is 81.7 cm³/mol. The lowest BCUT2D eigenvalue weighted by Gasteiger charge is -2.12. The third kappa shape index (κ3) is 3.49. The van der Waals surface area contributed by atoms with Crippen molar-refractivity contribution in [2.24, 2.45) is 0 Å². The van der Waals surface area contributed by atoms with Gasteiger partial charge in [-0.2, -0.15) is 0 Å². The fourth-order valence-electron chi connectivity index (χ4n) is 1.81. The molecule has 2 aromatic rings. The Kier molecular flexibility index (Phi) is 4.75. The summed E-state index contributed by atoms with van der Waals surface area (Å²) in [5, 5.41) is 0.569. The smallest absolute Gasteiger partial charge is 0.273 e. The largest absolute Gasteiger partial charge is 0.493 e. The minimum Gasteiger partial charge on any atom is -0.493 e. The Bertz CT molecular complexity index is 659. The minimum absolute atomic E-state index is 0.204. The number of hydrogen-bond donors (Lipinski definition) is 0. The molecule has 0 spiro atoms. The highest BCUT2D eigenvalue weighted by Crippen LogP contribution is 2.31. The first-order valence-corrected chi connectivity index (χ1v) is 6.87. The second-order valence-electron chi connectivity index (χ2n) is 4.56. The van der Waals surface area contributed by atoms with Crippen molar-refractivity contribution in [2.75, 3.05) is 20.7 Å². The van der Waals surface area contributed by atoms with Gasteiger partial charge in [-0.1, -0.05) is 11.6 Å².